The predicted molar refractivity (Wildman–Crippen MR) is 73.8 cm³/mol. The smallest absolute Gasteiger partial charge is 0.224 e. The number of nitrogens with two attached hydrogens (primary N) is 1. The third-order valence-corrected chi connectivity index (χ3v) is 4.15. The highest BCUT2D eigenvalue weighted by molar-refractivity contribution is 5.95. The second-order valence-corrected chi connectivity index (χ2v) is 5.31. The first-order chi connectivity index (χ1) is 8.65. The van der Waals surface area contributed by atoms with Crippen molar-refractivity contribution in [3.8, 4) is 0 Å². The molecule has 1 amide bonds. The SMILES string of the molecule is CN(c1cc2c(cc1N)NC(=O)CC2)C1CCC1. The monoisotopic (exact) mass is 245 g/mol. The minimum atomic E-state index is 0.0852. The molecule has 2 aliphatic rings. The maximum Gasteiger partial charge on any atom is 0.224 e. The van der Waals surface area contributed by atoms with Gasteiger partial charge in [0.1, 0.15) is 0 Å². The molecule has 96 valence electrons. The fourth-order valence-corrected chi connectivity index (χ4v) is 2.71. The summed E-state index contributed by atoms with van der Waals surface area (Å²) in [6.45, 7) is 0. The zero-order chi connectivity index (χ0) is 12.7. The number of aryl methyl sites for hydroxylation is 1. The lowest BCUT2D eigenvalue weighted by Crippen LogP contribution is -2.37. The zero-order valence-corrected chi connectivity index (χ0v) is 10.7. The maximum absolute atomic E-state index is 11.4. The number of fused-ring (bicyclic) bond motifs is 1. The first-order valence-electron chi connectivity index (χ1n) is 6.60. The molecule has 0 bridgehead atoms. The number of nitrogen functional groups attached to an aromatic ring is 1. The van der Waals surface area contributed by atoms with E-state index in [2.05, 4.69) is 23.3 Å². The topological polar surface area (TPSA) is 58.4 Å². The van der Waals surface area contributed by atoms with Crippen molar-refractivity contribution in [3.05, 3.63) is 17.7 Å². The van der Waals surface area contributed by atoms with Crippen LogP contribution in [0.2, 0.25) is 0 Å². The van der Waals surface area contributed by atoms with E-state index in [1.807, 2.05) is 6.07 Å². The van der Waals surface area contributed by atoms with Crippen LogP contribution in [0.3, 0.4) is 0 Å². The molecule has 0 radical (unpaired) electrons. The molecule has 18 heavy (non-hydrogen) atoms. The minimum Gasteiger partial charge on any atom is -0.397 e. The van der Waals surface area contributed by atoms with Gasteiger partial charge in [-0.15, -0.1) is 0 Å². The van der Waals surface area contributed by atoms with E-state index in [-0.39, 0.29) is 5.91 Å². The Morgan fingerprint density at radius 3 is 2.78 bits per heavy atom. The highest BCUT2D eigenvalue weighted by Gasteiger charge is 2.25. The first kappa shape index (κ1) is 11.4. The number of carbonyl (C=O) groups is 1. The van der Waals surface area contributed by atoms with Gasteiger partial charge in [-0.25, -0.2) is 0 Å². The number of rotatable bonds is 2. The van der Waals surface area contributed by atoms with Crippen molar-refractivity contribution in [2.45, 2.75) is 38.1 Å². The van der Waals surface area contributed by atoms with E-state index >= 15 is 0 Å². The molecule has 1 saturated carbocycles. The average molecular weight is 245 g/mol. The van der Waals surface area contributed by atoms with Crippen LogP contribution in [0.1, 0.15) is 31.2 Å². The molecule has 4 nitrogen and oxygen atoms in total. The quantitative estimate of drug-likeness (QED) is 0.785. The second kappa shape index (κ2) is 4.19. The molecular formula is C14H19N3O. The summed E-state index contributed by atoms with van der Waals surface area (Å²) in [4.78, 5) is 13.6. The fraction of sp³-hybridized carbons (Fsp3) is 0.500. The number of nitrogens with one attached hydrogen (secondary N) is 1. The lowest BCUT2D eigenvalue weighted by atomic mass is 9.91. The fourth-order valence-electron chi connectivity index (χ4n) is 2.71. The molecule has 0 unspecified atom stereocenters. The van der Waals surface area contributed by atoms with Crippen LogP contribution in [0, 0.1) is 0 Å². The highest BCUT2D eigenvalue weighted by Crippen LogP contribution is 2.36. The maximum atomic E-state index is 11.4. The van der Waals surface area contributed by atoms with Gasteiger partial charge in [-0.1, -0.05) is 0 Å². The molecule has 1 heterocycles. The summed E-state index contributed by atoms with van der Waals surface area (Å²) < 4.78 is 0. The van der Waals surface area contributed by atoms with Crippen LogP contribution in [0.4, 0.5) is 17.1 Å². The Balaban J connectivity index is 1.93. The Bertz CT molecular complexity index is 494. The van der Waals surface area contributed by atoms with Gasteiger partial charge in [0.15, 0.2) is 0 Å². The summed E-state index contributed by atoms with van der Waals surface area (Å²) in [6.07, 6.45) is 5.21. The number of carbonyl (C=O) groups excluding carboxylic acids is 1. The van der Waals surface area contributed by atoms with Crippen LogP contribution in [0.15, 0.2) is 12.1 Å². The van der Waals surface area contributed by atoms with Gasteiger partial charge in [0.05, 0.1) is 11.4 Å². The Morgan fingerprint density at radius 2 is 2.11 bits per heavy atom. The van der Waals surface area contributed by atoms with Crippen molar-refractivity contribution >= 4 is 23.0 Å². The summed E-state index contributed by atoms with van der Waals surface area (Å²) >= 11 is 0. The molecular weight excluding hydrogens is 226 g/mol. The van der Waals surface area contributed by atoms with Crippen molar-refractivity contribution in [2.24, 2.45) is 0 Å². The molecule has 1 aromatic rings. The molecule has 4 heteroatoms. The molecule has 1 aromatic carbocycles. The van der Waals surface area contributed by atoms with Crippen molar-refractivity contribution < 1.29 is 4.79 Å². The largest absolute Gasteiger partial charge is 0.397 e. The number of hydrogen-bond acceptors (Lipinski definition) is 3. The third kappa shape index (κ3) is 1.82. The molecule has 1 aliphatic carbocycles. The van der Waals surface area contributed by atoms with Gasteiger partial charge in [-0.05, 0) is 43.4 Å². The van der Waals surface area contributed by atoms with E-state index in [9.17, 15) is 4.79 Å². The summed E-state index contributed by atoms with van der Waals surface area (Å²) in [5.74, 6) is 0.0852. The van der Waals surface area contributed by atoms with Gasteiger partial charge in [0.25, 0.3) is 0 Å². The zero-order valence-electron chi connectivity index (χ0n) is 10.7. The molecule has 0 atom stereocenters. The lowest BCUT2D eigenvalue weighted by molar-refractivity contribution is -0.116. The average Bonchev–Trinajstić information content (AvgIpc) is 2.25. The van der Waals surface area contributed by atoms with Gasteiger partial charge < -0.3 is 16.0 Å². The Hall–Kier alpha value is -1.71. The van der Waals surface area contributed by atoms with Crippen molar-refractivity contribution in [2.75, 3.05) is 23.0 Å². The van der Waals surface area contributed by atoms with Crippen LogP contribution in [-0.4, -0.2) is 19.0 Å². The molecule has 0 aromatic heterocycles. The van der Waals surface area contributed by atoms with E-state index in [4.69, 9.17) is 5.73 Å². The van der Waals surface area contributed by atoms with E-state index in [0.29, 0.717) is 12.5 Å². The van der Waals surface area contributed by atoms with E-state index in [0.717, 1.165) is 23.5 Å². The van der Waals surface area contributed by atoms with Gasteiger partial charge in [0, 0.05) is 25.2 Å². The molecule has 1 aliphatic heterocycles. The van der Waals surface area contributed by atoms with Crippen molar-refractivity contribution in [1.82, 2.24) is 0 Å². The van der Waals surface area contributed by atoms with Gasteiger partial charge in [-0.2, -0.15) is 0 Å². The Kier molecular flexibility index (Phi) is 2.65. The summed E-state index contributed by atoms with van der Waals surface area (Å²) in [5, 5.41) is 2.89. The molecule has 0 spiro atoms. The Morgan fingerprint density at radius 1 is 1.33 bits per heavy atom. The first-order valence-corrected chi connectivity index (χ1v) is 6.60. The van der Waals surface area contributed by atoms with Crippen LogP contribution < -0.4 is 16.0 Å². The van der Waals surface area contributed by atoms with E-state index in [1.54, 1.807) is 0 Å². The molecule has 1 fully saturated rings. The van der Waals surface area contributed by atoms with Crippen LogP contribution in [0.5, 0.6) is 0 Å². The van der Waals surface area contributed by atoms with Crippen LogP contribution >= 0.6 is 0 Å². The second-order valence-electron chi connectivity index (χ2n) is 5.31. The summed E-state index contributed by atoms with van der Waals surface area (Å²) in [5.41, 5.74) is 10.1. The van der Waals surface area contributed by atoms with E-state index < -0.39 is 0 Å². The van der Waals surface area contributed by atoms with E-state index in [1.165, 1.54) is 24.8 Å². The summed E-state index contributed by atoms with van der Waals surface area (Å²) in [7, 11) is 2.11. The third-order valence-electron chi connectivity index (χ3n) is 4.15. The van der Waals surface area contributed by atoms with Crippen molar-refractivity contribution in [3.63, 3.8) is 0 Å². The van der Waals surface area contributed by atoms with Crippen LogP contribution in [0.25, 0.3) is 0 Å². The standard InChI is InChI=1S/C14H19N3O/c1-17(10-3-2-4-10)13-7-9-5-6-14(18)16-12(9)8-11(13)15/h7-8,10H,2-6,15H2,1H3,(H,16,18). The van der Waals surface area contributed by atoms with Crippen molar-refractivity contribution in [1.29, 1.82) is 0 Å². The molecule has 3 rings (SSSR count). The summed E-state index contributed by atoms with van der Waals surface area (Å²) in [6, 6.07) is 4.67. The minimum absolute atomic E-state index is 0.0852. The number of nitrogens with zero attached hydrogens (tertiary/aromatic N) is 1. The highest BCUT2D eigenvalue weighted by atomic mass is 16.1. The Labute approximate surface area is 107 Å². The predicted octanol–water partition coefficient (Wildman–Crippen LogP) is 2.14. The normalized spacial score (nSPS) is 18.8. The number of amides is 1. The lowest BCUT2D eigenvalue weighted by Gasteiger charge is -2.37. The van der Waals surface area contributed by atoms with Gasteiger partial charge in [-0.3, -0.25) is 4.79 Å². The number of benzene rings is 1. The number of hydrogen-bond donors (Lipinski definition) is 2. The van der Waals surface area contributed by atoms with Gasteiger partial charge in [0.2, 0.25) is 5.91 Å². The van der Waals surface area contributed by atoms with Crippen LogP contribution in [-0.2, 0) is 11.2 Å². The number of anilines is 3. The molecule has 0 saturated heterocycles. The molecule has 3 N–H and O–H groups in total. The van der Waals surface area contributed by atoms with Gasteiger partial charge >= 0.3 is 0 Å².